The van der Waals surface area contributed by atoms with E-state index in [0.29, 0.717) is 17.0 Å². The van der Waals surface area contributed by atoms with Crippen LogP contribution in [0.25, 0.3) is 32.8 Å². The van der Waals surface area contributed by atoms with Gasteiger partial charge in [0, 0.05) is 22.3 Å². The van der Waals surface area contributed by atoms with E-state index in [-0.39, 0.29) is 24.1 Å². The first-order chi connectivity index (χ1) is 15.6. The summed E-state index contributed by atoms with van der Waals surface area (Å²) in [5.41, 5.74) is 4.72. The molecule has 4 aromatic carbocycles. The van der Waals surface area contributed by atoms with Gasteiger partial charge in [0.2, 0.25) is 0 Å². The number of esters is 1. The molecule has 5 aromatic rings. The van der Waals surface area contributed by atoms with Crippen LogP contribution in [0, 0.1) is 0 Å². The van der Waals surface area contributed by atoms with E-state index in [1.807, 2.05) is 48.5 Å². The Labute approximate surface area is 183 Å². The van der Waals surface area contributed by atoms with Gasteiger partial charge in [-0.2, -0.15) is 0 Å². The SMILES string of the molecule is COc1cc(C2CC(=O)Oc3c2c2nc4ccccc4nc2c2ccccc32)ccc1O. The Morgan fingerprint density at radius 3 is 2.38 bits per heavy atom. The van der Waals surface area contributed by atoms with Gasteiger partial charge >= 0.3 is 5.97 Å². The topological polar surface area (TPSA) is 81.5 Å². The minimum absolute atomic E-state index is 0.0454. The molecule has 0 amide bonds. The van der Waals surface area contributed by atoms with Gasteiger partial charge in [-0.15, -0.1) is 0 Å². The summed E-state index contributed by atoms with van der Waals surface area (Å²) in [4.78, 5) is 22.6. The van der Waals surface area contributed by atoms with Crippen LogP contribution in [0.1, 0.15) is 23.5 Å². The molecule has 0 aliphatic carbocycles. The number of fused-ring (bicyclic) bond motifs is 7. The van der Waals surface area contributed by atoms with E-state index in [9.17, 15) is 9.90 Å². The molecule has 6 heteroatoms. The minimum atomic E-state index is -0.316. The van der Waals surface area contributed by atoms with Crippen LogP contribution in [-0.2, 0) is 4.79 Å². The Hall–Kier alpha value is -4.19. The van der Waals surface area contributed by atoms with Crippen molar-refractivity contribution in [3.63, 3.8) is 0 Å². The molecule has 0 radical (unpaired) electrons. The number of hydrogen-bond donors (Lipinski definition) is 1. The summed E-state index contributed by atoms with van der Waals surface area (Å²) in [5.74, 6) is 0.288. The fourth-order valence-electron chi connectivity index (χ4n) is 4.57. The van der Waals surface area contributed by atoms with Gasteiger partial charge in [-0.25, -0.2) is 9.97 Å². The summed E-state index contributed by atoms with van der Waals surface area (Å²) in [6, 6.07) is 20.7. The number of benzene rings is 4. The van der Waals surface area contributed by atoms with E-state index in [1.54, 1.807) is 18.2 Å². The van der Waals surface area contributed by atoms with Crippen molar-refractivity contribution in [3.05, 3.63) is 77.9 Å². The molecular formula is C26H18N2O4. The summed E-state index contributed by atoms with van der Waals surface area (Å²) in [6.45, 7) is 0. The van der Waals surface area contributed by atoms with Gasteiger partial charge in [0.15, 0.2) is 11.5 Å². The zero-order chi connectivity index (χ0) is 21.8. The van der Waals surface area contributed by atoms with Gasteiger partial charge in [0.05, 0.1) is 35.6 Å². The van der Waals surface area contributed by atoms with Crippen molar-refractivity contribution in [3.8, 4) is 17.2 Å². The molecule has 1 aliphatic heterocycles. The molecule has 6 rings (SSSR count). The summed E-state index contributed by atoms with van der Waals surface area (Å²) in [5, 5.41) is 11.8. The molecular weight excluding hydrogens is 404 g/mol. The second-order valence-corrected chi connectivity index (χ2v) is 7.86. The molecule has 2 heterocycles. The highest BCUT2D eigenvalue weighted by atomic mass is 16.5. The normalized spacial score (nSPS) is 15.7. The van der Waals surface area contributed by atoms with Crippen LogP contribution in [0.3, 0.4) is 0 Å². The van der Waals surface area contributed by atoms with Gasteiger partial charge in [0.25, 0.3) is 0 Å². The first-order valence-corrected chi connectivity index (χ1v) is 10.3. The fourth-order valence-corrected chi connectivity index (χ4v) is 4.57. The standard InChI is InChI=1S/C26H18N2O4/c1-31-21-12-14(10-11-20(21)29)17-13-22(30)32-26-16-7-3-2-6-15(16)24-25(23(17)26)28-19-9-5-4-8-18(19)27-24/h2-12,17,29H,13H2,1H3. The van der Waals surface area contributed by atoms with Crippen LogP contribution in [0.15, 0.2) is 66.7 Å². The maximum atomic E-state index is 12.7. The smallest absolute Gasteiger partial charge is 0.312 e. The van der Waals surface area contributed by atoms with Gasteiger partial charge in [-0.3, -0.25) is 4.79 Å². The molecule has 1 aromatic heterocycles. The van der Waals surface area contributed by atoms with Crippen LogP contribution >= 0.6 is 0 Å². The molecule has 0 fully saturated rings. The number of phenols is 1. The van der Waals surface area contributed by atoms with Crippen molar-refractivity contribution in [1.29, 1.82) is 0 Å². The third-order valence-electron chi connectivity index (χ3n) is 6.04. The molecule has 0 saturated carbocycles. The molecule has 1 N–H and O–H groups in total. The highest BCUT2D eigenvalue weighted by molar-refractivity contribution is 6.12. The van der Waals surface area contributed by atoms with Crippen LogP contribution < -0.4 is 9.47 Å². The van der Waals surface area contributed by atoms with Crippen molar-refractivity contribution >= 4 is 38.8 Å². The van der Waals surface area contributed by atoms with Crippen molar-refractivity contribution in [2.75, 3.05) is 7.11 Å². The van der Waals surface area contributed by atoms with E-state index >= 15 is 0 Å². The summed E-state index contributed by atoms with van der Waals surface area (Å²) in [6.07, 6.45) is 0.156. The number of carbonyl (C=O) groups is 1. The van der Waals surface area contributed by atoms with Crippen LogP contribution in [0.4, 0.5) is 0 Å². The first-order valence-electron chi connectivity index (χ1n) is 10.3. The number of para-hydroxylation sites is 2. The van der Waals surface area contributed by atoms with E-state index in [1.165, 1.54) is 7.11 Å². The first kappa shape index (κ1) is 18.6. The Morgan fingerprint density at radius 1 is 0.938 bits per heavy atom. The average molecular weight is 422 g/mol. The third-order valence-corrected chi connectivity index (χ3v) is 6.04. The summed E-state index contributed by atoms with van der Waals surface area (Å²) < 4.78 is 11.1. The van der Waals surface area contributed by atoms with E-state index in [0.717, 1.165) is 38.4 Å². The predicted molar refractivity (Wildman–Crippen MR) is 121 cm³/mol. The third kappa shape index (κ3) is 2.69. The Morgan fingerprint density at radius 2 is 1.62 bits per heavy atom. The number of phenolic OH excluding ortho intramolecular Hbond substituents is 1. The molecule has 1 atom stereocenters. The van der Waals surface area contributed by atoms with Gasteiger partial charge < -0.3 is 14.6 Å². The lowest BCUT2D eigenvalue weighted by atomic mass is 9.83. The Bertz CT molecular complexity index is 1560. The largest absolute Gasteiger partial charge is 0.504 e. The molecule has 6 nitrogen and oxygen atoms in total. The van der Waals surface area contributed by atoms with Crippen molar-refractivity contribution in [1.82, 2.24) is 9.97 Å². The summed E-state index contributed by atoms with van der Waals surface area (Å²) >= 11 is 0. The van der Waals surface area contributed by atoms with Crippen LogP contribution in [0.5, 0.6) is 17.2 Å². The van der Waals surface area contributed by atoms with E-state index < -0.39 is 0 Å². The zero-order valence-electron chi connectivity index (χ0n) is 17.2. The molecule has 156 valence electrons. The maximum absolute atomic E-state index is 12.7. The number of hydrogen-bond acceptors (Lipinski definition) is 6. The van der Waals surface area contributed by atoms with Crippen LogP contribution in [-0.4, -0.2) is 28.2 Å². The molecule has 0 saturated heterocycles. The lowest BCUT2D eigenvalue weighted by Crippen LogP contribution is -2.22. The monoisotopic (exact) mass is 422 g/mol. The molecule has 0 spiro atoms. The highest BCUT2D eigenvalue weighted by Gasteiger charge is 2.34. The molecule has 0 bridgehead atoms. The number of nitrogens with zero attached hydrogens (tertiary/aromatic N) is 2. The van der Waals surface area contributed by atoms with Gasteiger partial charge in [-0.1, -0.05) is 42.5 Å². The van der Waals surface area contributed by atoms with Crippen LogP contribution in [0.2, 0.25) is 0 Å². The van der Waals surface area contributed by atoms with Gasteiger partial charge in [0.1, 0.15) is 5.75 Å². The maximum Gasteiger partial charge on any atom is 0.312 e. The average Bonchev–Trinajstić information content (AvgIpc) is 2.83. The van der Waals surface area contributed by atoms with Crippen molar-refractivity contribution in [2.24, 2.45) is 0 Å². The number of aromatic hydroxyl groups is 1. The number of aromatic nitrogens is 2. The molecule has 1 aliphatic rings. The molecule has 1 unspecified atom stereocenters. The Balaban J connectivity index is 1.75. The Kier molecular flexibility index (Phi) is 4.01. The lowest BCUT2D eigenvalue weighted by Gasteiger charge is -2.27. The number of methoxy groups -OCH3 is 1. The van der Waals surface area contributed by atoms with Crippen molar-refractivity contribution in [2.45, 2.75) is 12.3 Å². The zero-order valence-corrected chi connectivity index (χ0v) is 17.2. The molecule has 32 heavy (non-hydrogen) atoms. The van der Waals surface area contributed by atoms with Crippen molar-refractivity contribution < 1.29 is 19.4 Å². The highest BCUT2D eigenvalue weighted by Crippen LogP contribution is 2.48. The van der Waals surface area contributed by atoms with Gasteiger partial charge in [-0.05, 0) is 29.8 Å². The lowest BCUT2D eigenvalue weighted by molar-refractivity contribution is -0.135. The van der Waals surface area contributed by atoms with E-state index in [4.69, 9.17) is 19.4 Å². The second-order valence-electron chi connectivity index (χ2n) is 7.86. The summed E-state index contributed by atoms with van der Waals surface area (Å²) in [7, 11) is 1.50. The number of rotatable bonds is 2. The second kappa shape index (κ2) is 6.92. The minimum Gasteiger partial charge on any atom is -0.504 e. The van der Waals surface area contributed by atoms with E-state index in [2.05, 4.69) is 0 Å². The fraction of sp³-hybridized carbons (Fsp3) is 0.115. The number of carbonyl (C=O) groups excluding carboxylic acids is 1. The quantitative estimate of drug-likeness (QED) is 0.185. The predicted octanol–water partition coefficient (Wildman–Crippen LogP) is 5.09. The number of ether oxygens (including phenoxy) is 2.